The Labute approximate surface area is 213 Å². The van der Waals surface area contributed by atoms with Crippen LogP contribution in [0.1, 0.15) is 42.1 Å². The Bertz CT molecular complexity index is 1490. The van der Waals surface area contributed by atoms with E-state index in [4.69, 9.17) is 4.74 Å². The van der Waals surface area contributed by atoms with Crippen LogP contribution in [0.5, 0.6) is 5.75 Å². The first-order valence-corrected chi connectivity index (χ1v) is 12.7. The van der Waals surface area contributed by atoms with E-state index in [0.29, 0.717) is 23.1 Å². The maximum absolute atomic E-state index is 13.4. The number of hydrogen-bond donors (Lipinski definition) is 1. The number of hydrogen-bond acceptors (Lipinski definition) is 6. The highest BCUT2D eigenvalue weighted by Crippen LogP contribution is 2.44. The molecule has 0 aliphatic carbocycles. The van der Waals surface area contributed by atoms with E-state index >= 15 is 0 Å². The maximum atomic E-state index is 13.4. The second-order valence-electron chi connectivity index (χ2n) is 8.69. The Balaban J connectivity index is 1.68. The number of amides is 1. The van der Waals surface area contributed by atoms with Gasteiger partial charge in [-0.2, -0.15) is 0 Å². The molecule has 1 amide bonds. The van der Waals surface area contributed by atoms with Crippen LogP contribution in [0, 0.1) is 6.92 Å². The average Bonchev–Trinajstić information content (AvgIpc) is 3.42. The monoisotopic (exact) mass is 498 g/mol. The van der Waals surface area contributed by atoms with Crippen LogP contribution in [0.25, 0.3) is 16.0 Å². The summed E-state index contributed by atoms with van der Waals surface area (Å²) >= 11 is 1.36. The number of ketones is 1. The summed E-state index contributed by atoms with van der Waals surface area (Å²) in [6.07, 6.45) is 0.865. The molecule has 1 aliphatic heterocycles. The molecule has 7 heteroatoms. The highest BCUT2D eigenvalue weighted by molar-refractivity contribution is 7.22. The van der Waals surface area contributed by atoms with Crippen molar-refractivity contribution >= 4 is 44.1 Å². The first-order valence-electron chi connectivity index (χ1n) is 11.9. The molecule has 3 aromatic carbocycles. The van der Waals surface area contributed by atoms with Gasteiger partial charge in [0, 0.05) is 5.56 Å². The molecule has 0 radical (unpaired) electrons. The van der Waals surface area contributed by atoms with E-state index in [1.807, 2.05) is 56.3 Å². The molecule has 1 atom stereocenters. The second-order valence-corrected chi connectivity index (χ2v) is 9.70. The van der Waals surface area contributed by atoms with Gasteiger partial charge in [-0.15, -0.1) is 0 Å². The topological polar surface area (TPSA) is 79.7 Å². The van der Waals surface area contributed by atoms with Gasteiger partial charge in [0.15, 0.2) is 5.13 Å². The molecule has 1 saturated heterocycles. The minimum Gasteiger partial charge on any atom is -0.507 e. The van der Waals surface area contributed by atoms with Crippen LogP contribution >= 0.6 is 11.3 Å². The number of ether oxygens (including phenoxy) is 1. The number of aliphatic hydroxyl groups is 1. The zero-order valence-electron chi connectivity index (χ0n) is 20.3. The average molecular weight is 499 g/mol. The van der Waals surface area contributed by atoms with Crippen LogP contribution in [0.3, 0.4) is 0 Å². The highest BCUT2D eigenvalue weighted by atomic mass is 32.1. The summed E-state index contributed by atoms with van der Waals surface area (Å²) in [5, 5.41) is 11.7. The molecule has 5 rings (SSSR count). The third-order valence-corrected chi connectivity index (χ3v) is 7.34. The number of anilines is 1. The molecule has 1 N–H and O–H groups in total. The molecule has 36 heavy (non-hydrogen) atoms. The van der Waals surface area contributed by atoms with Gasteiger partial charge in [0.2, 0.25) is 0 Å². The SMILES string of the molecule is CCOc1ccc(/C(O)=C2\C(=O)C(=O)N(c3nc4ccc(C)cc4s3)C2c2ccc(CC)cc2)cc1. The second kappa shape index (κ2) is 9.59. The van der Waals surface area contributed by atoms with E-state index in [1.165, 1.54) is 16.2 Å². The zero-order chi connectivity index (χ0) is 25.4. The minimum atomic E-state index is -0.802. The van der Waals surface area contributed by atoms with Crippen molar-refractivity contribution in [3.63, 3.8) is 0 Å². The van der Waals surface area contributed by atoms with Gasteiger partial charge in [-0.3, -0.25) is 14.5 Å². The van der Waals surface area contributed by atoms with E-state index < -0.39 is 17.7 Å². The number of aryl methyl sites for hydroxylation is 2. The zero-order valence-corrected chi connectivity index (χ0v) is 21.1. The molecule has 6 nitrogen and oxygen atoms in total. The Hall–Kier alpha value is -3.97. The third-order valence-electron chi connectivity index (χ3n) is 6.33. The van der Waals surface area contributed by atoms with Crippen LogP contribution < -0.4 is 9.64 Å². The number of nitrogens with zero attached hydrogens (tertiary/aromatic N) is 2. The van der Waals surface area contributed by atoms with E-state index in [2.05, 4.69) is 11.9 Å². The van der Waals surface area contributed by atoms with E-state index in [-0.39, 0.29) is 11.3 Å². The third kappa shape index (κ3) is 4.16. The fourth-order valence-electron chi connectivity index (χ4n) is 4.43. The van der Waals surface area contributed by atoms with Gasteiger partial charge in [-0.1, -0.05) is 48.6 Å². The van der Waals surface area contributed by atoms with Crippen molar-refractivity contribution in [3.05, 3.63) is 94.6 Å². The molecule has 4 aromatic rings. The van der Waals surface area contributed by atoms with Crippen molar-refractivity contribution in [3.8, 4) is 5.75 Å². The predicted molar refractivity (Wildman–Crippen MR) is 143 cm³/mol. The number of carbonyl (C=O) groups is 2. The summed E-state index contributed by atoms with van der Waals surface area (Å²) in [4.78, 5) is 32.9. The van der Waals surface area contributed by atoms with Gasteiger partial charge >= 0.3 is 5.91 Å². The van der Waals surface area contributed by atoms with Crippen LogP contribution in [0.4, 0.5) is 5.13 Å². The molecule has 0 spiro atoms. The van der Waals surface area contributed by atoms with Crippen molar-refractivity contribution in [2.75, 3.05) is 11.5 Å². The first kappa shape index (κ1) is 23.8. The van der Waals surface area contributed by atoms with Crippen LogP contribution in [0.15, 0.2) is 72.3 Å². The fourth-order valence-corrected chi connectivity index (χ4v) is 5.53. The van der Waals surface area contributed by atoms with Gasteiger partial charge < -0.3 is 9.84 Å². The molecule has 1 fully saturated rings. The maximum Gasteiger partial charge on any atom is 0.301 e. The van der Waals surface area contributed by atoms with Crippen LogP contribution in [-0.4, -0.2) is 28.4 Å². The molecule has 1 unspecified atom stereocenters. The summed E-state index contributed by atoms with van der Waals surface area (Å²) in [6.45, 7) is 6.47. The van der Waals surface area contributed by atoms with Crippen molar-refractivity contribution in [1.29, 1.82) is 0 Å². The fraction of sp³-hybridized carbons (Fsp3) is 0.207. The number of carbonyl (C=O) groups excluding carboxylic acids is 2. The minimum absolute atomic E-state index is 0.0452. The lowest BCUT2D eigenvalue weighted by Crippen LogP contribution is -2.29. The largest absolute Gasteiger partial charge is 0.507 e. The lowest BCUT2D eigenvalue weighted by Gasteiger charge is -2.23. The van der Waals surface area contributed by atoms with Gasteiger partial charge in [0.05, 0.1) is 28.4 Å². The normalized spacial score (nSPS) is 17.2. The molecule has 2 heterocycles. The Morgan fingerprint density at radius 3 is 2.42 bits per heavy atom. The predicted octanol–water partition coefficient (Wildman–Crippen LogP) is 6.19. The number of benzene rings is 3. The summed E-state index contributed by atoms with van der Waals surface area (Å²) in [7, 11) is 0. The highest BCUT2D eigenvalue weighted by Gasteiger charge is 2.48. The summed E-state index contributed by atoms with van der Waals surface area (Å²) < 4.78 is 6.42. The standard InChI is InChI=1S/C29H26N2O4S/c1-4-18-7-9-19(10-8-18)25-24(26(32)20-11-13-21(14-12-20)35-5-2)27(33)28(34)31(25)29-30-22-15-6-17(3)16-23(22)36-29/h6-16,25,32H,4-5H2,1-3H3/b26-24+. The molecule has 182 valence electrons. The van der Waals surface area contributed by atoms with E-state index in [9.17, 15) is 14.7 Å². The van der Waals surface area contributed by atoms with Gasteiger partial charge in [-0.25, -0.2) is 4.98 Å². The number of fused-ring (bicyclic) bond motifs is 1. The van der Waals surface area contributed by atoms with Crippen molar-refractivity contribution < 1.29 is 19.4 Å². The van der Waals surface area contributed by atoms with Crippen molar-refractivity contribution in [1.82, 2.24) is 4.98 Å². The molecular formula is C29H26N2O4S. The number of aliphatic hydroxyl groups excluding tert-OH is 1. The van der Waals surface area contributed by atoms with Crippen molar-refractivity contribution in [2.45, 2.75) is 33.2 Å². The molecule has 0 saturated carbocycles. The Morgan fingerprint density at radius 2 is 1.75 bits per heavy atom. The van der Waals surface area contributed by atoms with E-state index in [0.717, 1.165) is 33.3 Å². The smallest absolute Gasteiger partial charge is 0.301 e. The van der Waals surface area contributed by atoms with Gasteiger partial charge in [0.1, 0.15) is 11.5 Å². The van der Waals surface area contributed by atoms with E-state index in [1.54, 1.807) is 24.3 Å². The summed E-state index contributed by atoms with van der Waals surface area (Å²) in [5.41, 5.74) is 4.19. The number of Topliss-reactive ketones (excluding diaryl/α,β-unsaturated/α-hetero) is 1. The summed E-state index contributed by atoms with van der Waals surface area (Å²) in [5.74, 6) is -1.00. The van der Waals surface area contributed by atoms with Crippen LogP contribution in [0.2, 0.25) is 0 Å². The molecule has 1 aliphatic rings. The van der Waals surface area contributed by atoms with Crippen LogP contribution in [-0.2, 0) is 16.0 Å². The Kier molecular flexibility index (Phi) is 6.33. The number of aromatic nitrogens is 1. The first-order chi connectivity index (χ1) is 17.4. The molecule has 0 bridgehead atoms. The van der Waals surface area contributed by atoms with Crippen molar-refractivity contribution in [2.24, 2.45) is 0 Å². The molecular weight excluding hydrogens is 472 g/mol. The number of thiazole rings is 1. The number of rotatable bonds is 6. The van der Waals surface area contributed by atoms with Gasteiger partial charge in [-0.05, 0) is 73.4 Å². The lowest BCUT2D eigenvalue weighted by molar-refractivity contribution is -0.132. The lowest BCUT2D eigenvalue weighted by atomic mass is 9.94. The Morgan fingerprint density at radius 1 is 1.03 bits per heavy atom. The quantitative estimate of drug-likeness (QED) is 0.195. The molecule has 1 aromatic heterocycles. The summed E-state index contributed by atoms with van der Waals surface area (Å²) in [6, 6.07) is 19.7. The van der Waals surface area contributed by atoms with Gasteiger partial charge in [0.25, 0.3) is 5.78 Å².